The SMILES string of the molecule is CC1CCC(C(C)C)C(OCC(=O)CCCc2ccncc2)C1.CCN(Cc1cccs1)C(=O)COc1ccccc1F.Cc1ccc(OCC(=O)N(Cc2cccs2)c2ccccc2Cl)cc1.Cc1ccc(OCC(=O)N(Cc2cccs2)c2nccs2)cc1.O=C(COc1ccc(Br)cc1)N(Cc1cccs1)c1ccccn1.O=C(COc1ccc(C(F)(F)F)cc1)N(Cc1cccs1)c1ccccc1. The van der Waals surface area contributed by atoms with Gasteiger partial charge in [-0.25, -0.2) is 14.4 Å². The molecule has 15 aromatic rings. The predicted octanol–water partition coefficient (Wildman–Crippen LogP) is 27.1. The van der Waals surface area contributed by atoms with Gasteiger partial charge in [-0.1, -0.05) is 169 Å². The molecule has 8 aromatic heterocycles. The van der Waals surface area contributed by atoms with Gasteiger partial charge in [-0.05, 0) is 260 Å². The molecule has 7 aromatic carbocycles. The molecule has 3 atom stereocenters. The Morgan fingerprint density at radius 1 is 0.458 bits per heavy atom. The van der Waals surface area contributed by atoms with Crippen molar-refractivity contribution in [1.82, 2.24) is 19.9 Å². The normalized spacial score (nSPS) is 12.9. The average molecular weight is 2120 g/mol. The number of thiazole rings is 1. The molecule has 1 saturated carbocycles. The van der Waals surface area contributed by atoms with Crippen LogP contribution < -0.4 is 43.3 Å². The summed E-state index contributed by atoms with van der Waals surface area (Å²) in [5.74, 6) is 3.89. The number of aromatic nitrogens is 3. The van der Waals surface area contributed by atoms with E-state index in [4.69, 9.17) is 40.0 Å². The van der Waals surface area contributed by atoms with Crippen LogP contribution in [0.1, 0.15) is 106 Å². The molecule has 32 heteroatoms. The smallest absolute Gasteiger partial charge is 0.416 e. The van der Waals surface area contributed by atoms with Gasteiger partial charge in [0.05, 0.1) is 55.1 Å². The maximum absolute atomic E-state index is 13.4. The topological polar surface area (TPSA) is 213 Å². The van der Waals surface area contributed by atoms with Gasteiger partial charge in [-0.15, -0.1) is 68.0 Å². The number of ketones is 1. The van der Waals surface area contributed by atoms with Gasteiger partial charge >= 0.3 is 6.18 Å². The Morgan fingerprint density at radius 3 is 1.42 bits per heavy atom. The first-order valence-corrected chi connectivity index (χ1v) is 52.4. The third-order valence-corrected chi connectivity index (χ3v) is 27.9. The highest BCUT2D eigenvalue weighted by molar-refractivity contribution is 9.10. The number of aryl methyl sites for hydroxylation is 3. The van der Waals surface area contributed by atoms with Crippen LogP contribution in [0.3, 0.4) is 0 Å². The number of carbonyl (C=O) groups excluding carboxylic acids is 6. The fourth-order valence-electron chi connectivity index (χ4n) is 14.4. The zero-order chi connectivity index (χ0) is 101. The van der Waals surface area contributed by atoms with E-state index in [0.29, 0.717) is 96.4 Å². The quantitative estimate of drug-likeness (QED) is 0.0329. The highest BCUT2D eigenvalue weighted by atomic mass is 79.9. The van der Waals surface area contributed by atoms with Crippen molar-refractivity contribution < 1.29 is 74.8 Å². The second-order valence-corrected chi connectivity index (χ2v) is 40.3. The Morgan fingerprint density at radius 2 is 0.923 bits per heavy atom. The standard InChI is InChI=1S/C20H18ClNO2S.C20H16F3NO2S.C20H31NO2.C18H15BrN2O2S.C17H16N2O2S2.C15H16FNO2S/c1-15-8-10-16(11-9-15)24-14-20(23)22(13-17-5-4-12-25-17)19-7-3-2-6-18(19)21;21-20(22,23)15-8-10-17(11-9-15)26-14-19(25)24(13-18-7-4-12-27-18)16-5-2-1-3-6-16;1-15(2)19-8-7-16(3)13-20(19)23-14-18(22)6-4-5-17-9-11-21-12-10-17;19-14-6-8-15(9-7-14)23-13-18(22)21(12-16-4-3-11-24-16)17-5-1-2-10-20-17;1-13-4-6-14(7-5-13)21-12-16(20)19(17-18-8-10-23-17)11-15-3-2-9-22-15;1-2-17(10-12-6-5-9-20-12)15(18)11-19-14-8-4-3-7-13(14)16/h2-12H,13-14H2,1H3;1-12H,13-14H2;9-12,15-16,19-20H,4-8,13-14H2,1-3H3;1-11H,12-13H2;2-10H,11-12H2,1H3;3-9H,2,10-11H2,1H3. The second-order valence-electron chi connectivity index (χ2n) is 32.9. The number of Topliss-reactive ketones (excluding diaryl/α,β-unsaturated/α-hetero) is 1. The highest BCUT2D eigenvalue weighted by Gasteiger charge is 2.33. The molecule has 1 fully saturated rings. The molecule has 0 aliphatic heterocycles. The van der Waals surface area contributed by atoms with Crippen molar-refractivity contribution in [3.05, 3.63) is 386 Å². The summed E-state index contributed by atoms with van der Waals surface area (Å²) >= 11 is 19.1. The second kappa shape index (κ2) is 58.7. The molecule has 16 rings (SSSR count). The molecule has 0 spiro atoms. The summed E-state index contributed by atoms with van der Waals surface area (Å²) in [5, 5.41) is 13.0. The number of hydrogen-bond donors (Lipinski definition) is 0. The van der Waals surface area contributed by atoms with E-state index in [1.165, 1.54) is 54.0 Å². The van der Waals surface area contributed by atoms with Gasteiger partial charge in [0.2, 0.25) is 0 Å². The number of hydrogen-bond acceptors (Lipinski definition) is 21. The number of carbonyl (C=O) groups is 6. The molecule has 142 heavy (non-hydrogen) atoms. The summed E-state index contributed by atoms with van der Waals surface area (Å²) in [5.41, 5.74) is 4.21. The molecule has 5 amide bonds. The lowest BCUT2D eigenvalue weighted by Crippen LogP contribution is -2.35. The van der Waals surface area contributed by atoms with Crippen molar-refractivity contribution in [1.29, 1.82) is 0 Å². The number of pyridine rings is 2. The molecule has 0 N–H and O–H groups in total. The largest absolute Gasteiger partial charge is 0.484 e. The third-order valence-electron chi connectivity index (χ3n) is 22.0. The van der Waals surface area contributed by atoms with Crippen molar-refractivity contribution in [2.75, 3.05) is 65.8 Å². The summed E-state index contributed by atoms with van der Waals surface area (Å²) < 4.78 is 85.7. The first kappa shape index (κ1) is 110. The number of anilines is 4. The summed E-state index contributed by atoms with van der Waals surface area (Å²) in [6.45, 7) is 15.6. The van der Waals surface area contributed by atoms with Crippen LogP contribution in [-0.4, -0.2) is 107 Å². The Kier molecular flexibility index (Phi) is 45.4. The number of rotatable bonds is 38. The number of amides is 5. The van der Waals surface area contributed by atoms with Crippen LogP contribution in [0.15, 0.2) is 328 Å². The number of halogens is 6. The van der Waals surface area contributed by atoms with E-state index in [2.05, 4.69) is 51.7 Å². The molecule has 0 bridgehead atoms. The number of para-hydroxylation sites is 3. The summed E-state index contributed by atoms with van der Waals surface area (Å²) in [6, 6.07) is 78.8. The molecule has 0 saturated heterocycles. The molecule has 20 nitrogen and oxygen atoms in total. The Hall–Kier alpha value is -12.6. The van der Waals surface area contributed by atoms with Crippen molar-refractivity contribution >= 4 is 153 Å². The number of thiophene rings is 5. The molecule has 0 radical (unpaired) electrons. The van der Waals surface area contributed by atoms with Gasteiger partial charge in [-0.2, -0.15) is 13.2 Å². The lowest BCUT2D eigenvalue weighted by Gasteiger charge is -2.37. The van der Waals surface area contributed by atoms with Gasteiger partial charge in [-0.3, -0.25) is 43.6 Å². The molecular formula is C110H112BrClF4N8O12S6. The van der Waals surface area contributed by atoms with E-state index in [-0.39, 0.29) is 92.6 Å². The van der Waals surface area contributed by atoms with Gasteiger partial charge in [0.25, 0.3) is 29.5 Å². The van der Waals surface area contributed by atoms with Crippen molar-refractivity contribution in [2.24, 2.45) is 17.8 Å². The minimum Gasteiger partial charge on any atom is -0.484 e. The average Bonchev–Trinajstić information content (AvgIpc) is 0.921. The number of alkyl halides is 3. The van der Waals surface area contributed by atoms with E-state index in [0.717, 1.165) is 83.0 Å². The molecule has 742 valence electrons. The summed E-state index contributed by atoms with van der Waals surface area (Å²) in [4.78, 5) is 101. The van der Waals surface area contributed by atoms with Crippen molar-refractivity contribution in [3.8, 4) is 28.7 Å². The van der Waals surface area contributed by atoms with Crippen LogP contribution in [-0.2, 0) is 78.8 Å². The fraction of sp³-hybridized carbons (Fsp3) is 0.264. The molecule has 3 unspecified atom stereocenters. The van der Waals surface area contributed by atoms with E-state index in [1.807, 2.05) is 265 Å². The van der Waals surface area contributed by atoms with Crippen molar-refractivity contribution in [2.45, 2.75) is 125 Å². The van der Waals surface area contributed by atoms with Crippen LogP contribution in [0.5, 0.6) is 28.7 Å². The van der Waals surface area contributed by atoms with Crippen LogP contribution in [0.25, 0.3) is 0 Å². The van der Waals surface area contributed by atoms with Gasteiger partial charge in [0.1, 0.15) is 35.4 Å². The van der Waals surface area contributed by atoms with Crippen LogP contribution in [0, 0.1) is 37.4 Å². The first-order valence-electron chi connectivity index (χ1n) is 46.0. The monoisotopic (exact) mass is 2120 g/mol. The Labute approximate surface area is 864 Å². The third kappa shape index (κ3) is 37.7. The minimum absolute atomic E-state index is 0.00594. The molecular weight excluding hydrogens is 2010 g/mol. The maximum atomic E-state index is 13.4. The molecule has 1 aliphatic carbocycles. The van der Waals surface area contributed by atoms with Gasteiger partial charge in [0.15, 0.2) is 55.5 Å². The zero-order valence-corrected chi connectivity index (χ0v) is 86.6. The number of ether oxygens (including phenoxy) is 6. The number of benzene rings is 7. The van der Waals surface area contributed by atoms with Crippen LogP contribution in [0.4, 0.5) is 39.9 Å². The number of likely N-dealkylation sites (N-methyl/N-ethyl adjacent to an activating group) is 1. The minimum atomic E-state index is -4.40. The molecule has 8 heterocycles. The van der Waals surface area contributed by atoms with Gasteiger partial charge < -0.3 is 43.1 Å². The Balaban J connectivity index is 0.000000163. The summed E-state index contributed by atoms with van der Waals surface area (Å²) in [7, 11) is 0. The zero-order valence-electron chi connectivity index (χ0n) is 79.4. The maximum Gasteiger partial charge on any atom is 0.416 e. The lowest BCUT2D eigenvalue weighted by atomic mass is 9.75. The predicted molar refractivity (Wildman–Crippen MR) is 567 cm³/mol. The van der Waals surface area contributed by atoms with E-state index in [1.54, 1.807) is 124 Å². The number of nitrogens with zero attached hydrogens (tertiary/aromatic N) is 8. The van der Waals surface area contributed by atoms with Gasteiger partial charge in [0, 0.05) is 77.7 Å². The van der Waals surface area contributed by atoms with Crippen LogP contribution >= 0.6 is 95.6 Å². The summed E-state index contributed by atoms with van der Waals surface area (Å²) in [6.07, 6.45) is 8.92. The molecule has 1 aliphatic rings. The highest BCUT2D eigenvalue weighted by Crippen LogP contribution is 2.37. The first-order chi connectivity index (χ1) is 68.8. The van der Waals surface area contributed by atoms with Crippen molar-refractivity contribution in [3.63, 3.8) is 0 Å². The fourth-order valence-corrected chi connectivity index (χ4v) is 19.0. The van der Waals surface area contributed by atoms with E-state index in [9.17, 15) is 46.3 Å². The Bertz CT molecular complexity index is 6180. The van der Waals surface area contributed by atoms with Crippen LogP contribution in [0.2, 0.25) is 5.02 Å². The van der Waals surface area contributed by atoms with E-state index >= 15 is 0 Å². The lowest BCUT2D eigenvalue weighted by molar-refractivity contribution is -0.137. The van der Waals surface area contributed by atoms with E-state index < -0.39 is 17.6 Å².